The molecule has 2 aromatic heterocycles. The Labute approximate surface area is 192 Å². The topological polar surface area (TPSA) is 131 Å². The van der Waals surface area contributed by atoms with Gasteiger partial charge in [0.2, 0.25) is 15.0 Å². The Bertz CT molecular complexity index is 1310. The zero-order valence-electron chi connectivity index (χ0n) is 19.3. The fourth-order valence-electron chi connectivity index (χ4n) is 3.66. The molecule has 0 saturated heterocycles. The lowest BCUT2D eigenvalue weighted by molar-refractivity contribution is -0.140. The molecule has 2 heterocycles. The molecule has 0 radical (unpaired) electrons. The normalized spacial score (nSPS) is 13.6. The van der Waals surface area contributed by atoms with Crippen molar-refractivity contribution in [1.82, 2.24) is 19.9 Å². The molecule has 0 spiro atoms. The summed E-state index contributed by atoms with van der Waals surface area (Å²) >= 11 is 0. The van der Waals surface area contributed by atoms with Crippen molar-refractivity contribution in [2.75, 3.05) is 6.26 Å². The van der Waals surface area contributed by atoms with Crippen LogP contribution in [0.3, 0.4) is 0 Å². The predicted molar refractivity (Wildman–Crippen MR) is 124 cm³/mol. The van der Waals surface area contributed by atoms with Crippen LogP contribution >= 0.6 is 0 Å². The van der Waals surface area contributed by atoms with Crippen molar-refractivity contribution < 1.29 is 23.1 Å². The molecule has 2 N–H and O–H groups in total. The molecular weight excluding hydrogens is 444 g/mol. The van der Waals surface area contributed by atoms with E-state index in [1.165, 1.54) is 0 Å². The molecule has 1 aromatic carbocycles. The number of aryl methyl sites for hydroxylation is 2. The van der Waals surface area contributed by atoms with E-state index in [9.17, 15) is 23.1 Å². The Morgan fingerprint density at radius 3 is 2.33 bits per heavy atom. The first kappa shape index (κ1) is 24.4. The molecule has 0 aliphatic heterocycles. The van der Waals surface area contributed by atoms with Gasteiger partial charge in [-0.3, -0.25) is 9.36 Å². The highest BCUT2D eigenvalue weighted by Gasteiger charge is 2.26. The van der Waals surface area contributed by atoms with Crippen molar-refractivity contribution >= 4 is 32.9 Å². The highest BCUT2D eigenvalue weighted by Crippen LogP contribution is 2.23. The van der Waals surface area contributed by atoms with E-state index in [1.54, 1.807) is 35.8 Å². The maximum atomic E-state index is 12.6. The van der Waals surface area contributed by atoms with E-state index < -0.39 is 27.8 Å². The molecule has 0 aliphatic carbocycles. The number of aromatic nitrogens is 3. The van der Waals surface area contributed by atoms with E-state index in [4.69, 9.17) is 0 Å². The second-order valence-electron chi connectivity index (χ2n) is 8.38. The van der Waals surface area contributed by atoms with Crippen molar-refractivity contribution in [2.24, 2.45) is 5.92 Å². The van der Waals surface area contributed by atoms with Crippen molar-refractivity contribution in [3.8, 4) is 0 Å². The van der Waals surface area contributed by atoms with Crippen LogP contribution in [0.4, 0.5) is 0 Å². The van der Waals surface area contributed by atoms with Gasteiger partial charge in [0.15, 0.2) is 5.65 Å². The summed E-state index contributed by atoms with van der Waals surface area (Å²) in [4.78, 5) is 32.9. The molecule has 0 saturated carbocycles. The largest absolute Gasteiger partial charge is 0.480 e. The average molecular weight is 473 g/mol. The number of carbonyl (C=O) groups is 2. The van der Waals surface area contributed by atoms with Gasteiger partial charge in [-0.05, 0) is 49.1 Å². The molecule has 33 heavy (non-hydrogen) atoms. The Kier molecular flexibility index (Phi) is 6.87. The van der Waals surface area contributed by atoms with E-state index in [-0.39, 0.29) is 17.6 Å². The minimum Gasteiger partial charge on any atom is -0.480 e. The average Bonchev–Trinajstić information content (AvgIpc) is 3.10. The van der Waals surface area contributed by atoms with Crippen LogP contribution in [0, 0.1) is 19.8 Å². The predicted octanol–water partition coefficient (Wildman–Crippen LogP) is 2.73. The third-order valence-corrected chi connectivity index (χ3v) is 6.62. The van der Waals surface area contributed by atoms with Gasteiger partial charge in [0.1, 0.15) is 11.6 Å². The van der Waals surface area contributed by atoms with Crippen LogP contribution < -0.4 is 5.32 Å². The molecule has 9 nitrogen and oxygen atoms in total. The number of sulfone groups is 1. The summed E-state index contributed by atoms with van der Waals surface area (Å²) in [6, 6.07) is 7.45. The van der Waals surface area contributed by atoms with Crippen LogP contribution in [0.1, 0.15) is 47.4 Å². The van der Waals surface area contributed by atoms with E-state index in [0.717, 1.165) is 23.1 Å². The first-order chi connectivity index (χ1) is 15.4. The molecular formula is C23H28N4O5S. The van der Waals surface area contributed by atoms with Crippen LogP contribution in [0.2, 0.25) is 0 Å². The zero-order valence-corrected chi connectivity index (χ0v) is 20.1. The van der Waals surface area contributed by atoms with Crippen LogP contribution in [0.15, 0.2) is 35.5 Å². The van der Waals surface area contributed by atoms with Crippen LogP contribution in [0.25, 0.3) is 11.2 Å². The number of hydrogen-bond acceptors (Lipinski definition) is 6. The number of fused-ring (bicyclic) bond motifs is 1. The number of carbonyl (C=O) groups excluding carboxylic acids is 1. The molecule has 3 rings (SSSR count). The summed E-state index contributed by atoms with van der Waals surface area (Å²) in [6.45, 7) is 7.53. The van der Waals surface area contributed by atoms with Gasteiger partial charge in [0.25, 0.3) is 5.91 Å². The fraction of sp³-hybridized carbons (Fsp3) is 0.391. The Morgan fingerprint density at radius 1 is 1.15 bits per heavy atom. The molecule has 10 heteroatoms. The van der Waals surface area contributed by atoms with Gasteiger partial charge in [-0.25, -0.2) is 23.2 Å². The number of carboxylic acid groups (broad SMARTS) is 1. The summed E-state index contributed by atoms with van der Waals surface area (Å²) in [7, 11) is -3.61. The highest BCUT2D eigenvalue weighted by molar-refractivity contribution is 7.90. The minimum atomic E-state index is -3.61. The van der Waals surface area contributed by atoms with Crippen LogP contribution in [-0.2, 0) is 21.2 Å². The number of rotatable bonds is 8. The van der Waals surface area contributed by atoms with Crippen LogP contribution in [-0.4, -0.2) is 52.2 Å². The third-order valence-electron chi connectivity index (χ3n) is 5.64. The standard InChI is InChI=1S/C23H28N4O5S/c1-6-13(2)19(22(29)30)25-21(28)17-9-7-16(8-10-17)12-27-20-18(14(3)11-15(4)24-20)26-23(27)33(5,31)32/h7-11,13,19H,6,12H2,1-5H3,(H,25,28)(H,29,30)/t13-,19-/m0/s1. The van der Waals surface area contributed by atoms with Gasteiger partial charge in [-0.15, -0.1) is 0 Å². The minimum absolute atomic E-state index is 0.0710. The zero-order chi connectivity index (χ0) is 24.5. The van der Waals surface area contributed by atoms with Crippen molar-refractivity contribution in [1.29, 1.82) is 0 Å². The van der Waals surface area contributed by atoms with Crippen molar-refractivity contribution in [2.45, 2.75) is 51.9 Å². The first-order valence-electron chi connectivity index (χ1n) is 10.6. The van der Waals surface area contributed by atoms with E-state index in [2.05, 4.69) is 15.3 Å². The Hall–Kier alpha value is -3.27. The Morgan fingerprint density at radius 2 is 1.79 bits per heavy atom. The number of benzene rings is 1. The fourth-order valence-corrected chi connectivity index (χ4v) is 4.47. The van der Waals surface area contributed by atoms with Gasteiger partial charge in [0, 0.05) is 17.5 Å². The molecule has 2 atom stereocenters. The highest BCUT2D eigenvalue weighted by atomic mass is 32.2. The lowest BCUT2D eigenvalue weighted by Crippen LogP contribution is -2.45. The molecule has 0 bridgehead atoms. The van der Waals surface area contributed by atoms with Crippen molar-refractivity contribution in [3.63, 3.8) is 0 Å². The summed E-state index contributed by atoms with van der Waals surface area (Å²) in [6.07, 6.45) is 1.72. The molecule has 0 unspecified atom stereocenters. The maximum Gasteiger partial charge on any atom is 0.326 e. The van der Waals surface area contributed by atoms with Gasteiger partial charge >= 0.3 is 5.97 Å². The van der Waals surface area contributed by atoms with Gasteiger partial charge in [-0.2, -0.15) is 0 Å². The summed E-state index contributed by atoms with van der Waals surface area (Å²) in [5.41, 5.74) is 3.66. The SMILES string of the molecule is CC[C@H](C)[C@H](NC(=O)c1ccc(Cn2c(S(C)(=O)=O)nc3c(C)cc(C)nc32)cc1)C(=O)O. The van der Waals surface area contributed by atoms with Crippen molar-refractivity contribution in [3.05, 3.63) is 52.7 Å². The summed E-state index contributed by atoms with van der Waals surface area (Å²) in [5, 5.41) is 11.9. The lowest BCUT2D eigenvalue weighted by atomic mass is 9.99. The molecule has 176 valence electrons. The number of hydrogen-bond donors (Lipinski definition) is 2. The number of imidazole rings is 1. The monoisotopic (exact) mass is 472 g/mol. The summed E-state index contributed by atoms with van der Waals surface area (Å²) in [5.74, 6) is -1.77. The number of carboxylic acids is 1. The molecule has 0 fully saturated rings. The Balaban J connectivity index is 1.91. The number of pyridine rings is 1. The number of amides is 1. The quantitative estimate of drug-likeness (QED) is 0.515. The van der Waals surface area contributed by atoms with E-state index >= 15 is 0 Å². The summed E-state index contributed by atoms with van der Waals surface area (Å²) < 4.78 is 26.3. The molecule has 1 amide bonds. The van der Waals surface area contributed by atoms with Gasteiger partial charge in [-0.1, -0.05) is 32.4 Å². The second-order valence-corrected chi connectivity index (χ2v) is 10.3. The molecule has 0 aliphatic rings. The second kappa shape index (κ2) is 9.30. The first-order valence-corrected chi connectivity index (χ1v) is 12.5. The van der Waals surface area contributed by atoms with Gasteiger partial charge < -0.3 is 10.4 Å². The van der Waals surface area contributed by atoms with Crippen LogP contribution in [0.5, 0.6) is 0 Å². The maximum absolute atomic E-state index is 12.6. The molecule has 3 aromatic rings. The van der Waals surface area contributed by atoms with E-state index in [0.29, 0.717) is 23.1 Å². The number of aliphatic carboxylic acids is 1. The van der Waals surface area contributed by atoms with Gasteiger partial charge in [0.05, 0.1) is 6.54 Å². The lowest BCUT2D eigenvalue weighted by Gasteiger charge is -2.20. The number of nitrogens with zero attached hydrogens (tertiary/aromatic N) is 3. The third kappa shape index (κ3) is 5.22. The van der Waals surface area contributed by atoms with E-state index in [1.807, 2.05) is 26.8 Å². The smallest absolute Gasteiger partial charge is 0.326 e. The number of nitrogens with one attached hydrogen (secondary N) is 1.